The first kappa shape index (κ1) is 14.4. The van der Waals surface area contributed by atoms with Gasteiger partial charge in [0.2, 0.25) is 0 Å². The standard InChI is InChI=1S/C18H19FO/c1-3-13(2)15-7-9-16(10-8-15)18(20)12-14-5-4-6-17(19)11-14/h4-11,13H,3,12H2,1-2H3. The van der Waals surface area contributed by atoms with E-state index in [4.69, 9.17) is 0 Å². The van der Waals surface area contributed by atoms with Crippen LogP contribution in [0.3, 0.4) is 0 Å². The smallest absolute Gasteiger partial charge is 0.167 e. The van der Waals surface area contributed by atoms with Crippen molar-refractivity contribution in [2.45, 2.75) is 32.6 Å². The molecule has 2 aromatic rings. The van der Waals surface area contributed by atoms with Gasteiger partial charge in [0.25, 0.3) is 0 Å². The van der Waals surface area contributed by atoms with E-state index in [-0.39, 0.29) is 18.0 Å². The fourth-order valence-electron chi connectivity index (χ4n) is 2.17. The van der Waals surface area contributed by atoms with Crippen LogP contribution < -0.4 is 0 Å². The van der Waals surface area contributed by atoms with Crippen LogP contribution in [0.5, 0.6) is 0 Å². The number of carbonyl (C=O) groups is 1. The van der Waals surface area contributed by atoms with Gasteiger partial charge in [0, 0.05) is 12.0 Å². The van der Waals surface area contributed by atoms with Crippen LogP contribution in [0, 0.1) is 5.82 Å². The predicted molar refractivity (Wildman–Crippen MR) is 79.6 cm³/mol. The Balaban J connectivity index is 2.09. The fourth-order valence-corrected chi connectivity index (χ4v) is 2.17. The molecule has 0 aliphatic rings. The van der Waals surface area contributed by atoms with Gasteiger partial charge in [-0.05, 0) is 35.6 Å². The molecule has 1 atom stereocenters. The van der Waals surface area contributed by atoms with Crippen molar-refractivity contribution in [2.24, 2.45) is 0 Å². The maximum atomic E-state index is 13.1. The van der Waals surface area contributed by atoms with Crippen LogP contribution in [0.2, 0.25) is 0 Å². The molecule has 0 amide bonds. The topological polar surface area (TPSA) is 17.1 Å². The highest BCUT2D eigenvalue weighted by Gasteiger charge is 2.09. The molecule has 0 bridgehead atoms. The molecule has 0 saturated heterocycles. The molecule has 0 fully saturated rings. The third-order valence-corrected chi connectivity index (χ3v) is 3.67. The van der Waals surface area contributed by atoms with Gasteiger partial charge in [-0.3, -0.25) is 4.79 Å². The van der Waals surface area contributed by atoms with Gasteiger partial charge in [-0.25, -0.2) is 4.39 Å². The van der Waals surface area contributed by atoms with Crippen molar-refractivity contribution in [3.63, 3.8) is 0 Å². The minimum Gasteiger partial charge on any atom is -0.294 e. The van der Waals surface area contributed by atoms with Gasteiger partial charge in [-0.2, -0.15) is 0 Å². The third-order valence-electron chi connectivity index (χ3n) is 3.67. The lowest BCUT2D eigenvalue weighted by Gasteiger charge is -2.09. The molecule has 1 unspecified atom stereocenters. The summed E-state index contributed by atoms with van der Waals surface area (Å²) >= 11 is 0. The van der Waals surface area contributed by atoms with E-state index in [0.29, 0.717) is 17.0 Å². The Hall–Kier alpha value is -1.96. The molecule has 0 radical (unpaired) electrons. The number of hydrogen-bond donors (Lipinski definition) is 0. The molecule has 0 aromatic heterocycles. The highest BCUT2D eigenvalue weighted by Crippen LogP contribution is 2.19. The highest BCUT2D eigenvalue weighted by molar-refractivity contribution is 5.97. The van der Waals surface area contributed by atoms with E-state index >= 15 is 0 Å². The van der Waals surface area contributed by atoms with E-state index in [1.165, 1.54) is 17.7 Å². The predicted octanol–water partition coefficient (Wildman–Crippen LogP) is 4.76. The van der Waals surface area contributed by atoms with Crippen molar-refractivity contribution in [1.82, 2.24) is 0 Å². The molecule has 0 aliphatic carbocycles. The van der Waals surface area contributed by atoms with Gasteiger partial charge in [-0.15, -0.1) is 0 Å². The molecule has 0 aliphatic heterocycles. The van der Waals surface area contributed by atoms with Crippen LogP contribution in [0.25, 0.3) is 0 Å². The summed E-state index contributed by atoms with van der Waals surface area (Å²) in [4.78, 5) is 12.2. The quantitative estimate of drug-likeness (QED) is 0.716. The first-order valence-corrected chi connectivity index (χ1v) is 6.97. The van der Waals surface area contributed by atoms with E-state index in [0.717, 1.165) is 6.42 Å². The van der Waals surface area contributed by atoms with Crippen LogP contribution in [-0.2, 0) is 6.42 Å². The Bertz CT molecular complexity index is 587. The van der Waals surface area contributed by atoms with Crippen LogP contribution in [0.1, 0.15) is 47.7 Å². The van der Waals surface area contributed by atoms with Crippen LogP contribution >= 0.6 is 0 Å². The summed E-state index contributed by atoms with van der Waals surface area (Å²) in [7, 11) is 0. The van der Waals surface area contributed by atoms with Gasteiger partial charge in [0.15, 0.2) is 5.78 Å². The van der Waals surface area contributed by atoms with Crippen molar-refractivity contribution in [3.05, 3.63) is 71.0 Å². The maximum Gasteiger partial charge on any atom is 0.167 e. The van der Waals surface area contributed by atoms with Gasteiger partial charge in [0.05, 0.1) is 0 Å². The first-order valence-electron chi connectivity index (χ1n) is 6.97. The summed E-state index contributed by atoms with van der Waals surface area (Å²) in [6.07, 6.45) is 1.32. The normalized spacial score (nSPS) is 12.2. The van der Waals surface area contributed by atoms with Crippen molar-refractivity contribution in [3.8, 4) is 0 Å². The number of hydrogen-bond acceptors (Lipinski definition) is 1. The van der Waals surface area contributed by atoms with E-state index in [9.17, 15) is 9.18 Å². The summed E-state index contributed by atoms with van der Waals surface area (Å²) in [5.41, 5.74) is 2.64. The molecule has 20 heavy (non-hydrogen) atoms. The number of halogens is 1. The number of benzene rings is 2. The van der Waals surface area contributed by atoms with Gasteiger partial charge in [-0.1, -0.05) is 50.2 Å². The molecule has 1 nitrogen and oxygen atoms in total. The van der Waals surface area contributed by atoms with Crippen molar-refractivity contribution >= 4 is 5.78 Å². The fraction of sp³-hybridized carbons (Fsp3) is 0.278. The zero-order valence-corrected chi connectivity index (χ0v) is 11.9. The summed E-state index contributed by atoms with van der Waals surface area (Å²) in [5, 5.41) is 0. The molecular formula is C18H19FO. The van der Waals surface area contributed by atoms with Gasteiger partial charge in [0.1, 0.15) is 5.82 Å². The van der Waals surface area contributed by atoms with Gasteiger partial charge < -0.3 is 0 Å². The Morgan fingerprint density at radius 3 is 2.45 bits per heavy atom. The minimum absolute atomic E-state index is 0.0197. The van der Waals surface area contributed by atoms with Crippen LogP contribution in [-0.4, -0.2) is 5.78 Å². The number of rotatable bonds is 5. The zero-order chi connectivity index (χ0) is 14.5. The Morgan fingerprint density at radius 1 is 1.15 bits per heavy atom. The third kappa shape index (κ3) is 3.53. The van der Waals surface area contributed by atoms with Crippen molar-refractivity contribution in [1.29, 1.82) is 0 Å². The molecule has 0 heterocycles. The summed E-state index contributed by atoms with van der Waals surface area (Å²) in [5.74, 6) is 0.219. The van der Waals surface area contributed by atoms with E-state index < -0.39 is 0 Å². The second kappa shape index (κ2) is 6.47. The molecule has 2 aromatic carbocycles. The van der Waals surface area contributed by atoms with Crippen LogP contribution in [0.4, 0.5) is 4.39 Å². The number of carbonyl (C=O) groups excluding carboxylic acids is 1. The van der Waals surface area contributed by atoms with Crippen molar-refractivity contribution in [2.75, 3.05) is 0 Å². The lowest BCUT2D eigenvalue weighted by molar-refractivity contribution is 0.0993. The summed E-state index contributed by atoms with van der Waals surface area (Å²) in [6, 6.07) is 13.9. The molecular weight excluding hydrogens is 251 g/mol. The SMILES string of the molecule is CCC(C)c1ccc(C(=O)Cc2cccc(F)c2)cc1. The second-order valence-electron chi connectivity index (χ2n) is 5.16. The largest absolute Gasteiger partial charge is 0.294 e. The number of ketones is 1. The minimum atomic E-state index is -0.303. The lowest BCUT2D eigenvalue weighted by atomic mass is 9.95. The zero-order valence-electron chi connectivity index (χ0n) is 11.9. The van der Waals surface area contributed by atoms with E-state index in [2.05, 4.69) is 13.8 Å². The van der Waals surface area contributed by atoms with Crippen molar-refractivity contribution < 1.29 is 9.18 Å². The number of Topliss-reactive ketones (excluding diaryl/α,β-unsaturated/α-hetero) is 1. The Kier molecular flexibility index (Phi) is 4.67. The van der Waals surface area contributed by atoms with Crippen LogP contribution in [0.15, 0.2) is 48.5 Å². The molecule has 2 heteroatoms. The molecule has 0 N–H and O–H groups in total. The second-order valence-corrected chi connectivity index (χ2v) is 5.16. The maximum absolute atomic E-state index is 13.1. The average Bonchev–Trinajstić information content (AvgIpc) is 2.46. The Labute approximate surface area is 119 Å². The molecule has 2 rings (SSSR count). The van der Waals surface area contributed by atoms with Gasteiger partial charge >= 0.3 is 0 Å². The molecule has 0 saturated carbocycles. The average molecular weight is 270 g/mol. The monoisotopic (exact) mass is 270 g/mol. The van der Waals surface area contributed by atoms with E-state index in [1.807, 2.05) is 24.3 Å². The Morgan fingerprint density at radius 2 is 1.85 bits per heavy atom. The summed E-state index contributed by atoms with van der Waals surface area (Å²) < 4.78 is 13.1. The first-order chi connectivity index (χ1) is 9.60. The highest BCUT2D eigenvalue weighted by atomic mass is 19.1. The summed E-state index contributed by atoms with van der Waals surface area (Å²) in [6.45, 7) is 4.32. The van der Waals surface area contributed by atoms with E-state index in [1.54, 1.807) is 12.1 Å². The molecule has 104 valence electrons. The lowest BCUT2D eigenvalue weighted by Crippen LogP contribution is -2.04. The molecule has 0 spiro atoms.